The summed E-state index contributed by atoms with van der Waals surface area (Å²) < 4.78 is 70.5. The zero-order valence-corrected chi connectivity index (χ0v) is 10.7. The Morgan fingerprint density at radius 3 is 2.48 bits per heavy atom. The van der Waals surface area contributed by atoms with Crippen LogP contribution in [0.1, 0.15) is 34.8 Å². The summed E-state index contributed by atoms with van der Waals surface area (Å²) in [5, 5.41) is 0. The molecule has 1 aromatic heterocycles. The maximum atomic E-state index is 12.8. The number of nitrogens with two attached hydrogens (primary N) is 1. The zero-order valence-electron chi connectivity index (χ0n) is 10.7. The van der Waals surface area contributed by atoms with E-state index in [-0.39, 0.29) is 6.61 Å². The van der Waals surface area contributed by atoms with Crippen molar-refractivity contribution in [3.05, 3.63) is 22.9 Å². The highest BCUT2D eigenvalue weighted by Crippen LogP contribution is 2.32. The smallest absolute Gasteiger partial charge is 0.462 e. The van der Waals surface area contributed by atoms with Gasteiger partial charge in [-0.3, -0.25) is 0 Å². The van der Waals surface area contributed by atoms with Gasteiger partial charge in [0.05, 0.1) is 6.61 Å². The minimum absolute atomic E-state index is 0.173. The Labute approximate surface area is 115 Å². The highest BCUT2D eigenvalue weighted by molar-refractivity contribution is 5.94. The first-order valence-corrected chi connectivity index (χ1v) is 5.64. The van der Waals surface area contributed by atoms with E-state index in [4.69, 9.17) is 5.73 Å². The third-order valence-corrected chi connectivity index (χ3v) is 2.32. The van der Waals surface area contributed by atoms with Crippen LogP contribution < -0.4 is 10.5 Å². The summed E-state index contributed by atoms with van der Waals surface area (Å²) >= 11 is 0. The highest BCUT2D eigenvalue weighted by atomic mass is 19.4. The van der Waals surface area contributed by atoms with Crippen molar-refractivity contribution in [2.24, 2.45) is 5.73 Å². The Kier molecular flexibility index (Phi) is 5.41. The first kappa shape index (κ1) is 17.1. The largest absolute Gasteiger partial charge is 0.574 e. The van der Waals surface area contributed by atoms with Gasteiger partial charge in [-0.25, -0.2) is 18.6 Å². The number of hydrogen-bond acceptors (Lipinski definition) is 5. The summed E-state index contributed by atoms with van der Waals surface area (Å²) in [7, 11) is 0. The van der Waals surface area contributed by atoms with Crippen molar-refractivity contribution in [3.63, 3.8) is 0 Å². The van der Waals surface area contributed by atoms with Crippen molar-refractivity contribution >= 4 is 5.97 Å². The molecule has 1 aromatic rings. The van der Waals surface area contributed by atoms with Gasteiger partial charge in [0.2, 0.25) is 5.88 Å². The first-order valence-electron chi connectivity index (χ1n) is 5.64. The molecule has 0 amide bonds. The minimum Gasteiger partial charge on any atom is -0.462 e. The predicted molar refractivity (Wildman–Crippen MR) is 59.7 cm³/mol. The summed E-state index contributed by atoms with van der Waals surface area (Å²) in [5.74, 6) is -2.45. The normalized spacial score (nSPS) is 11.6. The number of hydrogen-bond donors (Lipinski definition) is 1. The van der Waals surface area contributed by atoms with Gasteiger partial charge in [0, 0.05) is 18.3 Å². The zero-order chi connectivity index (χ0) is 16.2. The molecule has 1 rings (SSSR count). The number of carbonyl (C=O) groups is 1. The molecule has 1 heterocycles. The lowest BCUT2D eigenvalue weighted by atomic mass is 10.0. The van der Waals surface area contributed by atoms with Gasteiger partial charge in [-0.15, -0.1) is 13.2 Å². The van der Waals surface area contributed by atoms with E-state index in [9.17, 15) is 26.7 Å². The van der Waals surface area contributed by atoms with Crippen LogP contribution in [0.2, 0.25) is 0 Å². The molecule has 0 unspecified atom stereocenters. The fraction of sp³-hybridized carbons (Fsp3) is 0.455. The molecule has 0 bridgehead atoms. The summed E-state index contributed by atoms with van der Waals surface area (Å²) in [6.45, 7) is 0.618. The Morgan fingerprint density at radius 2 is 2.05 bits per heavy atom. The number of ether oxygens (including phenoxy) is 2. The second-order valence-corrected chi connectivity index (χ2v) is 3.65. The second kappa shape index (κ2) is 6.66. The number of esters is 1. The molecule has 0 fully saturated rings. The molecule has 0 spiro atoms. The number of carbonyl (C=O) groups excluding carboxylic acids is 1. The number of alkyl halides is 5. The van der Waals surface area contributed by atoms with Crippen molar-refractivity contribution in [1.82, 2.24) is 4.98 Å². The minimum atomic E-state index is -5.15. The third-order valence-electron chi connectivity index (χ3n) is 2.32. The lowest BCUT2D eigenvalue weighted by molar-refractivity contribution is -0.276. The van der Waals surface area contributed by atoms with Crippen molar-refractivity contribution in [2.75, 3.05) is 6.61 Å². The fourth-order valence-corrected chi connectivity index (χ4v) is 1.55. The summed E-state index contributed by atoms with van der Waals surface area (Å²) in [6, 6.07) is 0. The van der Waals surface area contributed by atoms with Gasteiger partial charge in [0.1, 0.15) is 5.56 Å². The molecule has 21 heavy (non-hydrogen) atoms. The number of pyridine rings is 1. The van der Waals surface area contributed by atoms with E-state index in [1.165, 1.54) is 6.92 Å². The van der Waals surface area contributed by atoms with Crippen LogP contribution in [0, 0.1) is 0 Å². The van der Waals surface area contributed by atoms with Crippen LogP contribution in [-0.2, 0) is 11.3 Å². The molecule has 0 saturated heterocycles. The Morgan fingerprint density at radius 1 is 1.43 bits per heavy atom. The van der Waals surface area contributed by atoms with Gasteiger partial charge in [0.25, 0.3) is 6.43 Å². The first-order chi connectivity index (χ1) is 9.71. The summed E-state index contributed by atoms with van der Waals surface area (Å²) in [5.41, 5.74) is 3.14. The van der Waals surface area contributed by atoms with Crippen molar-refractivity contribution in [3.8, 4) is 5.88 Å². The molecule has 5 nitrogen and oxygen atoms in total. The molecule has 0 aromatic carbocycles. The Bertz CT molecular complexity index is 519. The summed E-state index contributed by atoms with van der Waals surface area (Å²) in [6.07, 6.45) is -7.73. The number of rotatable bonds is 5. The maximum absolute atomic E-state index is 12.8. The standard InChI is InChI=1S/C11H11F5N2O3/c1-2-20-10(19)7-5(3-17)6(8(12)13)4-18-9(7)21-11(14,15)16/h4,8H,2-3,17H2,1H3. The van der Waals surface area contributed by atoms with Crippen molar-refractivity contribution < 1.29 is 36.2 Å². The van der Waals surface area contributed by atoms with Crippen LogP contribution in [0.15, 0.2) is 6.20 Å². The average molecular weight is 314 g/mol. The molecule has 0 aliphatic rings. The van der Waals surface area contributed by atoms with E-state index in [1.54, 1.807) is 0 Å². The number of aromatic nitrogens is 1. The van der Waals surface area contributed by atoms with E-state index < -0.39 is 47.9 Å². The predicted octanol–water partition coefficient (Wildman–Crippen LogP) is 2.55. The molecule has 0 saturated carbocycles. The van der Waals surface area contributed by atoms with Crippen molar-refractivity contribution in [1.29, 1.82) is 0 Å². The van der Waals surface area contributed by atoms with Gasteiger partial charge < -0.3 is 15.2 Å². The Hall–Kier alpha value is -1.97. The quantitative estimate of drug-likeness (QED) is 0.668. The molecule has 10 heteroatoms. The highest BCUT2D eigenvalue weighted by Gasteiger charge is 2.36. The van der Waals surface area contributed by atoms with Crippen LogP contribution in [0.4, 0.5) is 22.0 Å². The van der Waals surface area contributed by atoms with E-state index in [2.05, 4.69) is 14.5 Å². The van der Waals surface area contributed by atoms with Crippen LogP contribution in [0.5, 0.6) is 5.88 Å². The van der Waals surface area contributed by atoms with Gasteiger partial charge in [-0.1, -0.05) is 0 Å². The molecule has 118 valence electrons. The van der Waals surface area contributed by atoms with Crippen LogP contribution in [0.3, 0.4) is 0 Å². The van der Waals surface area contributed by atoms with E-state index in [0.29, 0.717) is 6.20 Å². The van der Waals surface area contributed by atoms with E-state index in [1.807, 2.05) is 0 Å². The molecular weight excluding hydrogens is 303 g/mol. The lowest BCUT2D eigenvalue weighted by Crippen LogP contribution is -2.23. The molecule has 2 N–H and O–H groups in total. The topological polar surface area (TPSA) is 74.4 Å². The van der Waals surface area contributed by atoms with Gasteiger partial charge in [-0.2, -0.15) is 0 Å². The molecular formula is C11H11F5N2O3. The van der Waals surface area contributed by atoms with Crippen LogP contribution >= 0.6 is 0 Å². The average Bonchev–Trinajstić information content (AvgIpc) is 2.35. The van der Waals surface area contributed by atoms with Crippen LogP contribution in [0.25, 0.3) is 0 Å². The van der Waals surface area contributed by atoms with E-state index in [0.717, 1.165) is 0 Å². The second-order valence-electron chi connectivity index (χ2n) is 3.65. The van der Waals surface area contributed by atoms with Crippen molar-refractivity contribution in [2.45, 2.75) is 26.3 Å². The maximum Gasteiger partial charge on any atom is 0.574 e. The van der Waals surface area contributed by atoms with Crippen LogP contribution in [-0.4, -0.2) is 23.9 Å². The monoisotopic (exact) mass is 314 g/mol. The van der Waals surface area contributed by atoms with Gasteiger partial charge >= 0.3 is 12.3 Å². The molecule has 0 aliphatic heterocycles. The number of nitrogens with zero attached hydrogens (tertiary/aromatic N) is 1. The van der Waals surface area contributed by atoms with Gasteiger partial charge in [-0.05, 0) is 12.5 Å². The Balaban J connectivity index is 3.47. The lowest BCUT2D eigenvalue weighted by Gasteiger charge is -2.16. The molecule has 0 aliphatic carbocycles. The van der Waals surface area contributed by atoms with Gasteiger partial charge in [0.15, 0.2) is 0 Å². The number of halogens is 5. The molecule has 0 radical (unpaired) electrons. The third kappa shape index (κ3) is 4.25. The molecule has 0 atom stereocenters. The van der Waals surface area contributed by atoms with E-state index >= 15 is 0 Å². The SMILES string of the molecule is CCOC(=O)c1c(OC(F)(F)F)ncc(C(F)F)c1CN. The summed E-state index contributed by atoms with van der Waals surface area (Å²) in [4.78, 5) is 14.8. The fourth-order valence-electron chi connectivity index (χ4n) is 1.55.